The Kier molecular flexibility index (Phi) is 3.05. The zero-order valence-electron chi connectivity index (χ0n) is 10.7. The van der Waals surface area contributed by atoms with Crippen molar-refractivity contribution in [1.82, 2.24) is 19.8 Å². The Labute approximate surface area is 106 Å². The third-order valence-corrected chi connectivity index (χ3v) is 3.89. The fraction of sp³-hybridized carbons (Fsp3) is 0.667. The van der Waals surface area contributed by atoms with Gasteiger partial charge in [0.2, 0.25) is 0 Å². The number of nitrogens with one attached hydrogen (secondary N) is 1. The molecule has 3 rings (SSSR count). The summed E-state index contributed by atoms with van der Waals surface area (Å²) in [6, 6.07) is 0.693. The van der Waals surface area contributed by atoms with Crippen LogP contribution in [0.2, 0.25) is 0 Å². The van der Waals surface area contributed by atoms with Gasteiger partial charge in [0.05, 0.1) is 0 Å². The summed E-state index contributed by atoms with van der Waals surface area (Å²) < 4.78 is 1.59. The van der Waals surface area contributed by atoms with Crippen LogP contribution in [0, 0.1) is 0 Å². The number of aryl methyl sites for hydroxylation is 1. The molecule has 1 N–H and O–H groups in total. The topological polar surface area (TPSA) is 53.4 Å². The lowest BCUT2D eigenvalue weighted by molar-refractivity contribution is 0.137. The Morgan fingerprint density at radius 3 is 2.61 bits per heavy atom. The maximum Gasteiger partial charge on any atom is 0.293 e. The number of hydrogen-bond donors (Lipinski definition) is 1. The van der Waals surface area contributed by atoms with E-state index in [9.17, 15) is 4.79 Å². The fourth-order valence-corrected chi connectivity index (χ4v) is 2.53. The molecule has 2 fully saturated rings. The van der Waals surface area contributed by atoms with Gasteiger partial charge < -0.3 is 14.8 Å². The average Bonchev–Trinajstić information content (AvgIpc) is 2.32. The molecule has 6 nitrogen and oxygen atoms in total. The van der Waals surface area contributed by atoms with E-state index in [1.807, 2.05) is 0 Å². The Morgan fingerprint density at radius 2 is 2.00 bits per heavy atom. The third-order valence-electron chi connectivity index (χ3n) is 3.89. The molecule has 0 saturated carbocycles. The van der Waals surface area contributed by atoms with Crippen LogP contribution in [-0.4, -0.2) is 59.8 Å². The second-order valence-electron chi connectivity index (χ2n) is 5.00. The van der Waals surface area contributed by atoms with Crippen LogP contribution >= 0.6 is 0 Å². The second-order valence-corrected chi connectivity index (χ2v) is 5.00. The quantitative estimate of drug-likeness (QED) is 0.719. The van der Waals surface area contributed by atoms with Crippen molar-refractivity contribution in [3.63, 3.8) is 0 Å². The lowest BCUT2D eigenvalue weighted by Gasteiger charge is -2.43. The summed E-state index contributed by atoms with van der Waals surface area (Å²) in [5.74, 6) is 0.589. The van der Waals surface area contributed by atoms with Crippen LogP contribution in [-0.2, 0) is 7.05 Å². The van der Waals surface area contributed by atoms with Crippen LogP contribution in [0.4, 0.5) is 5.82 Å². The Balaban J connectivity index is 1.68. The van der Waals surface area contributed by atoms with E-state index in [0.717, 1.165) is 39.3 Å². The highest BCUT2D eigenvalue weighted by atomic mass is 16.1. The lowest BCUT2D eigenvalue weighted by Crippen LogP contribution is -2.62. The first-order valence-corrected chi connectivity index (χ1v) is 6.47. The summed E-state index contributed by atoms with van der Waals surface area (Å²) >= 11 is 0. The van der Waals surface area contributed by atoms with Gasteiger partial charge in [-0.1, -0.05) is 0 Å². The van der Waals surface area contributed by atoms with E-state index in [1.165, 1.54) is 0 Å². The summed E-state index contributed by atoms with van der Waals surface area (Å²) in [6.07, 6.45) is 3.39. The van der Waals surface area contributed by atoms with E-state index >= 15 is 0 Å². The SMILES string of the molecule is Cn1ccnc(N2CCN(C3CNC3)CC2)c1=O. The van der Waals surface area contributed by atoms with Gasteiger partial charge in [-0.25, -0.2) is 4.98 Å². The monoisotopic (exact) mass is 249 g/mol. The average molecular weight is 249 g/mol. The normalized spacial score (nSPS) is 21.9. The van der Waals surface area contributed by atoms with Gasteiger partial charge in [-0.3, -0.25) is 9.69 Å². The molecule has 3 heterocycles. The number of piperazine rings is 1. The van der Waals surface area contributed by atoms with Gasteiger partial charge in [0.1, 0.15) is 0 Å². The van der Waals surface area contributed by atoms with Crippen LogP contribution in [0.1, 0.15) is 0 Å². The maximum absolute atomic E-state index is 12.0. The molecule has 0 amide bonds. The molecule has 0 radical (unpaired) electrons. The first-order valence-electron chi connectivity index (χ1n) is 6.47. The van der Waals surface area contributed by atoms with Gasteiger partial charge in [0.15, 0.2) is 5.82 Å². The van der Waals surface area contributed by atoms with E-state index in [2.05, 4.69) is 20.1 Å². The van der Waals surface area contributed by atoms with E-state index in [-0.39, 0.29) is 5.56 Å². The minimum absolute atomic E-state index is 0.00346. The highest BCUT2D eigenvalue weighted by Crippen LogP contribution is 2.12. The summed E-state index contributed by atoms with van der Waals surface area (Å²) in [5, 5.41) is 3.30. The number of anilines is 1. The predicted octanol–water partition coefficient (Wildman–Crippen LogP) is -1.13. The summed E-state index contributed by atoms with van der Waals surface area (Å²) in [4.78, 5) is 20.8. The third kappa shape index (κ3) is 2.02. The van der Waals surface area contributed by atoms with Gasteiger partial charge in [0, 0.05) is 64.8 Å². The molecular formula is C12H19N5O. The first-order chi connectivity index (χ1) is 8.75. The molecule has 0 aliphatic carbocycles. The van der Waals surface area contributed by atoms with Crippen molar-refractivity contribution in [2.75, 3.05) is 44.2 Å². The molecule has 18 heavy (non-hydrogen) atoms. The molecule has 1 aromatic rings. The molecule has 2 aliphatic heterocycles. The lowest BCUT2D eigenvalue weighted by atomic mass is 10.1. The predicted molar refractivity (Wildman–Crippen MR) is 69.9 cm³/mol. The molecule has 0 aromatic carbocycles. The minimum atomic E-state index is -0.00346. The molecule has 0 spiro atoms. The zero-order chi connectivity index (χ0) is 12.5. The van der Waals surface area contributed by atoms with Crippen LogP contribution in [0.25, 0.3) is 0 Å². The molecule has 2 saturated heterocycles. The summed E-state index contributed by atoms with van der Waals surface area (Å²) in [7, 11) is 1.77. The van der Waals surface area contributed by atoms with Crippen molar-refractivity contribution in [2.45, 2.75) is 6.04 Å². The standard InChI is InChI=1S/C12H19N5O/c1-15-3-2-14-11(12(15)18)17-6-4-16(5-7-17)10-8-13-9-10/h2-3,10,13H,4-9H2,1H3. The van der Waals surface area contributed by atoms with Crippen molar-refractivity contribution in [3.8, 4) is 0 Å². The number of rotatable bonds is 2. The highest BCUT2D eigenvalue weighted by Gasteiger charge is 2.28. The van der Waals surface area contributed by atoms with Gasteiger partial charge in [-0.05, 0) is 0 Å². The van der Waals surface area contributed by atoms with E-state index in [0.29, 0.717) is 11.9 Å². The molecule has 98 valence electrons. The minimum Gasteiger partial charge on any atom is -0.349 e. The van der Waals surface area contributed by atoms with E-state index in [4.69, 9.17) is 0 Å². The Bertz CT molecular complexity index is 474. The molecule has 1 aromatic heterocycles. The largest absolute Gasteiger partial charge is 0.349 e. The molecule has 0 atom stereocenters. The van der Waals surface area contributed by atoms with Crippen LogP contribution in [0.15, 0.2) is 17.2 Å². The van der Waals surface area contributed by atoms with Gasteiger partial charge in [-0.15, -0.1) is 0 Å². The smallest absolute Gasteiger partial charge is 0.293 e. The number of nitrogens with zero attached hydrogens (tertiary/aromatic N) is 4. The van der Waals surface area contributed by atoms with E-state index < -0.39 is 0 Å². The van der Waals surface area contributed by atoms with Gasteiger partial charge >= 0.3 is 0 Å². The molecule has 2 aliphatic rings. The Hall–Kier alpha value is -1.40. The molecule has 0 unspecified atom stereocenters. The number of hydrogen-bond acceptors (Lipinski definition) is 5. The summed E-state index contributed by atoms with van der Waals surface area (Å²) in [6.45, 7) is 6.03. The second kappa shape index (κ2) is 4.70. The molecule has 6 heteroatoms. The summed E-state index contributed by atoms with van der Waals surface area (Å²) in [5.41, 5.74) is -0.00346. The van der Waals surface area contributed by atoms with Crippen molar-refractivity contribution in [3.05, 3.63) is 22.7 Å². The first kappa shape index (κ1) is 11.7. The van der Waals surface area contributed by atoms with Crippen molar-refractivity contribution >= 4 is 5.82 Å². The van der Waals surface area contributed by atoms with Gasteiger partial charge in [-0.2, -0.15) is 0 Å². The van der Waals surface area contributed by atoms with Crippen molar-refractivity contribution in [1.29, 1.82) is 0 Å². The van der Waals surface area contributed by atoms with Crippen molar-refractivity contribution < 1.29 is 0 Å². The van der Waals surface area contributed by atoms with Crippen LogP contribution < -0.4 is 15.8 Å². The van der Waals surface area contributed by atoms with Crippen LogP contribution in [0.5, 0.6) is 0 Å². The zero-order valence-corrected chi connectivity index (χ0v) is 10.7. The Morgan fingerprint density at radius 1 is 1.28 bits per heavy atom. The fourth-order valence-electron chi connectivity index (χ4n) is 2.53. The van der Waals surface area contributed by atoms with Crippen molar-refractivity contribution in [2.24, 2.45) is 7.05 Å². The molecular weight excluding hydrogens is 230 g/mol. The molecule has 0 bridgehead atoms. The number of aromatic nitrogens is 2. The highest BCUT2D eigenvalue weighted by molar-refractivity contribution is 5.36. The maximum atomic E-state index is 12.0. The van der Waals surface area contributed by atoms with E-state index in [1.54, 1.807) is 24.0 Å². The van der Waals surface area contributed by atoms with Gasteiger partial charge in [0.25, 0.3) is 5.56 Å². The van der Waals surface area contributed by atoms with Crippen LogP contribution in [0.3, 0.4) is 0 Å².